The van der Waals surface area contributed by atoms with Gasteiger partial charge in [-0.25, -0.2) is 8.42 Å². The van der Waals surface area contributed by atoms with E-state index in [1.165, 1.54) is 6.07 Å². The van der Waals surface area contributed by atoms with Crippen molar-refractivity contribution in [2.24, 2.45) is 0 Å². The van der Waals surface area contributed by atoms with Crippen LogP contribution in [0.1, 0.15) is 24.8 Å². The van der Waals surface area contributed by atoms with Gasteiger partial charge in [-0.2, -0.15) is 0 Å². The number of halogens is 1. The quantitative estimate of drug-likeness (QED) is 0.736. The van der Waals surface area contributed by atoms with Crippen molar-refractivity contribution in [3.63, 3.8) is 0 Å². The number of fused-ring (bicyclic) bond motifs is 1. The second-order valence-electron chi connectivity index (χ2n) is 4.22. The monoisotopic (exact) mass is 273 g/mol. The third-order valence-corrected chi connectivity index (χ3v) is 4.38. The van der Waals surface area contributed by atoms with Gasteiger partial charge < -0.3 is 4.90 Å². The summed E-state index contributed by atoms with van der Waals surface area (Å²) in [5, 5.41) is 0. The molecule has 0 N–H and O–H groups in total. The van der Waals surface area contributed by atoms with Crippen molar-refractivity contribution in [3.8, 4) is 0 Å². The van der Waals surface area contributed by atoms with Gasteiger partial charge in [-0.1, -0.05) is 6.92 Å². The Bertz CT molecular complexity index is 582. The predicted molar refractivity (Wildman–Crippen MR) is 65.9 cm³/mol. The molecule has 1 heterocycles. The minimum Gasteiger partial charge on any atom is -0.315 e. The zero-order valence-electron chi connectivity index (χ0n) is 9.47. The van der Waals surface area contributed by atoms with Gasteiger partial charge in [0.25, 0.3) is 9.05 Å². The van der Waals surface area contributed by atoms with E-state index in [9.17, 15) is 13.2 Å². The molecule has 0 aromatic heterocycles. The molecule has 1 atom stereocenters. The number of carbonyl (C=O) groups is 1. The van der Waals surface area contributed by atoms with Crippen molar-refractivity contribution in [3.05, 3.63) is 23.8 Å². The summed E-state index contributed by atoms with van der Waals surface area (Å²) in [5.74, 6) is 0.0403. The van der Waals surface area contributed by atoms with E-state index in [4.69, 9.17) is 10.7 Å². The van der Waals surface area contributed by atoms with Crippen LogP contribution in [-0.4, -0.2) is 21.4 Å². The van der Waals surface area contributed by atoms with Crippen molar-refractivity contribution in [2.75, 3.05) is 11.9 Å². The Balaban J connectivity index is 2.60. The van der Waals surface area contributed by atoms with Crippen LogP contribution >= 0.6 is 10.7 Å². The highest BCUT2D eigenvalue weighted by Gasteiger charge is 2.27. The topological polar surface area (TPSA) is 54.5 Å². The lowest BCUT2D eigenvalue weighted by molar-refractivity contribution is -0.119. The molecule has 1 unspecified atom stereocenters. The molecule has 6 heteroatoms. The van der Waals surface area contributed by atoms with Gasteiger partial charge in [-0.05, 0) is 29.7 Å². The van der Waals surface area contributed by atoms with Crippen molar-refractivity contribution in [2.45, 2.75) is 24.2 Å². The first-order valence-electron chi connectivity index (χ1n) is 5.16. The van der Waals surface area contributed by atoms with Crippen LogP contribution in [0.4, 0.5) is 5.69 Å². The third kappa shape index (κ3) is 2.17. The fourth-order valence-corrected chi connectivity index (χ4v) is 2.81. The molecule has 1 aromatic rings. The molecule has 0 aliphatic carbocycles. The zero-order chi connectivity index (χ0) is 12.8. The Hall–Kier alpha value is -1.07. The Labute approximate surface area is 105 Å². The van der Waals surface area contributed by atoms with E-state index >= 15 is 0 Å². The van der Waals surface area contributed by atoms with Crippen LogP contribution in [0.15, 0.2) is 23.1 Å². The van der Waals surface area contributed by atoms with Crippen molar-refractivity contribution < 1.29 is 13.2 Å². The smallest absolute Gasteiger partial charge is 0.261 e. The maximum atomic E-state index is 11.6. The second kappa shape index (κ2) is 3.99. The van der Waals surface area contributed by atoms with E-state index < -0.39 is 9.05 Å². The molecular formula is C11H12ClNO3S. The molecule has 0 fully saturated rings. The van der Waals surface area contributed by atoms with Crippen LogP contribution in [0.5, 0.6) is 0 Å². The molecule has 92 valence electrons. The molecule has 2 rings (SSSR count). The Morgan fingerprint density at radius 2 is 2.06 bits per heavy atom. The highest BCUT2D eigenvalue weighted by atomic mass is 35.7. The standard InChI is InChI=1S/C11H12ClNO3S/c1-7-5-11(14)13(2)10-4-3-8(6-9(7)10)17(12,15)16/h3-4,6-7H,5H2,1-2H3. The Morgan fingerprint density at radius 3 is 2.65 bits per heavy atom. The summed E-state index contributed by atoms with van der Waals surface area (Å²) in [5.41, 5.74) is 1.59. The highest BCUT2D eigenvalue weighted by molar-refractivity contribution is 8.13. The molecule has 1 aromatic carbocycles. The summed E-state index contributed by atoms with van der Waals surface area (Å²) in [6, 6.07) is 4.59. The van der Waals surface area contributed by atoms with Crippen LogP contribution in [-0.2, 0) is 13.8 Å². The first-order chi connectivity index (χ1) is 7.80. The fourth-order valence-electron chi connectivity index (χ4n) is 2.03. The van der Waals surface area contributed by atoms with Gasteiger partial charge in [0.2, 0.25) is 5.91 Å². The van der Waals surface area contributed by atoms with Gasteiger partial charge in [0, 0.05) is 29.8 Å². The van der Waals surface area contributed by atoms with Crippen molar-refractivity contribution in [1.82, 2.24) is 0 Å². The van der Waals surface area contributed by atoms with Crippen LogP contribution < -0.4 is 4.90 Å². The number of rotatable bonds is 1. The van der Waals surface area contributed by atoms with E-state index in [-0.39, 0.29) is 16.7 Å². The molecule has 1 aliphatic rings. The van der Waals surface area contributed by atoms with Crippen molar-refractivity contribution in [1.29, 1.82) is 0 Å². The Morgan fingerprint density at radius 1 is 1.41 bits per heavy atom. The van der Waals surface area contributed by atoms with Gasteiger partial charge in [0.15, 0.2) is 0 Å². The number of hydrogen-bond donors (Lipinski definition) is 0. The largest absolute Gasteiger partial charge is 0.315 e. The first kappa shape index (κ1) is 12.4. The minimum absolute atomic E-state index is 0.00654. The molecule has 0 saturated heterocycles. The average Bonchev–Trinajstić information content (AvgIpc) is 2.24. The van der Waals surface area contributed by atoms with Crippen LogP contribution in [0.2, 0.25) is 0 Å². The normalized spacial score (nSPS) is 20.3. The molecule has 0 saturated carbocycles. The number of anilines is 1. The zero-order valence-corrected chi connectivity index (χ0v) is 11.0. The van der Waals surface area contributed by atoms with Gasteiger partial charge in [0.05, 0.1) is 4.90 Å². The number of nitrogens with zero attached hydrogens (tertiary/aromatic N) is 1. The first-order valence-corrected chi connectivity index (χ1v) is 7.47. The van der Waals surface area contributed by atoms with E-state index in [2.05, 4.69) is 0 Å². The molecule has 0 radical (unpaired) electrons. The molecule has 17 heavy (non-hydrogen) atoms. The van der Waals surface area contributed by atoms with Crippen LogP contribution in [0, 0.1) is 0 Å². The van der Waals surface area contributed by atoms with Gasteiger partial charge in [0.1, 0.15) is 0 Å². The van der Waals surface area contributed by atoms with E-state index in [1.54, 1.807) is 24.1 Å². The third-order valence-electron chi connectivity index (χ3n) is 3.03. The van der Waals surface area contributed by atoms with Crippen molar-refractivity contribution >= 4 is 31.3 Å². The SMILES string of the molecule is CC1CC(=O)N(C)c2ccc(S(=O)(=O)Cl)cc21. The average molecular weight is 274 g/mol. The summed E-state index contributed by atoms with van der Waals surface area (Å²) >= 11 is 0. The van der Waals surface area contributed by atoms with Gasteiger partial charge in [-0.15, -0.1) is 0 Å². The van der Waals surface area contributed by atoms with E-state index in [0.29, 0.717) is 6.42 Å². The van der Waals surface area contributed by atoms with Crippen LogP contribution in [0.25, 0.3) is 0 Å². The summed E-state index contributed by atoms with van der Waals surface area (Å²) in [6.07, 6.45) is 0.384. The molecule has 0 spiro atoms. The molecule has 0 bridgehead atoms. The molecular weight excluding hydrogens is 262 g/mol. The number of benzene rings is 1. The number of hydrogen-bond acceptors (Lipinski definition) is 3. The number of carbonyl (C=O) groups excluding carboxylic acids is 1. The lowest BCUT2D eigenvalue weighted by Gasteiger charge is -2.30. The summed E-state index contributed by atoms with van der Waals surface area (Å²) in [6.45, 7) is 1.90. The molecule has 1 aliphatic heterocycles. The maximum absolute atomic E-state index is 11.6. The highest BCUT2D eigenvalue weighted by Crippen LogP contribution is 2.36. The maximum Gasteiger partial charge on any atom is 0.261 e. The lowest BCUT2D eigenvalue weighted by atomic mass is 9.91. The number of amides is 1. The van der Waals surface area contributed by atoms with Gasteiger partial charge in [-0.3, -0.25) is 4.79 Å². The second-order valence-corrected chi connectivity index (χ2v) is 6.78. The predicted octanol–water partition coefficient (Wildman–Crippen LogP) is 2.08. The lowest BCUT2D eigenvalue weighted by Crippen LogP contribution is -2.32. The van der Waals surface area contributed by atoms with Crippen LogP contribution in [0.3, 0.4) is 0 Å². The fraction of sp³-hybridized carbons (Fsp3) is 0.364. The molecule has 1 amide bonds. The molecule has 4 nitrogen and oxygen atoms in total. The summed E-state index contributed by atoms with van der Waals surface area (Å²) in [4.78, 5) is 13.2. The Kier molecular flexibility index (Phi) is 2.91. The van der Waals surface area contributed by atoms with E-state index in [0.717, 1.165) is 11.3 Å². The van der Waals surface area contributed by atoms with E-state index in [1.807, 2.05) is 6.92 Å². The minimum atomic E-state index is -3.72. The summed E-state index contributed by atoms with van der Waals surface area (Å²) in [7, 11) is 3.27. The van der Waals surface area contributed by atoms with Gasteiger partial charge >= 0.3 is 0 Å². The summed E-state index contributed by atoms with van der Waals surface area (Å²) < 4.78 is 22.5.